The van der Waals surface area contributed by atoms with Gasteiger partial charge >= 0.3 is 5.97 Å². The second-order valence-corrected chi connectivity index (χ2v) is 4.28. The summed E-state index contributed by atoms with van der Waals surface area (Å²) in [4.78, 5) is 23.0. The average molecular weight is 264 g/mol. The van der Waals surface area contributed by atoms with E-state index in [9.17, 15) is 9.59 Å². The van der Waals surface area contributed by atoms with Crippen molar-refractivity contribution in [1.82, 2.24) is 10.6 Å². The number of nitrogens with one attached hydrogen (secondary N) is 2. The Bertz CT molecular complexity index is 446. The van der Waals surface area contributed by atoms with Crippen LogP contribution in [-0.2, 0) is 11.2 Å². The Balaban J connectivity index is 2.83. The predicted molar refractivity (Wildman–Crippen MR) is 73.3 cm³/mol. The molecule has 0 heterocycles. The number of likely N-dealkylation sites (N-methyl/N-ethyl adjacent to an activating group) is 1. The molecule has 5 nitrogen and oxygen atoms in total. The smallest absolute Gasteiger partial charge is 0.326 e. The lowest BCUT2D eigenvalue weighted by Gasteiger charge is -2.14. The number of aliphatic carboxylic acids is 1. The van der Waals surface area contributed by atoms with Crippen LogP contribution >= 0.6 is 0 Å². The summed E-state index contributed by atoms with van der Waals surface area (Å²) in [6, 6.07) is 6.41. The van der Waals surface area contributed by atoms with Gasteiger partial charge in [0.2, 0.25) is 0 Å². The minimum Gasteiger partial charge on any atom is -0.480 e. The highest BCUT2D eigenvalue weighted by atomic mass is 16.4. The molecule has 0 aliphatic rings. The van der Waals surface area contributed by atoms with E-state index in [1.165, 1.54) is 0 Å². The number of hydrogen-bond donors (Lipinski definition) is 3. The lowest BCUT2D eigenvalue weighted by atomic mass is 10.0. The van der Waals surface area contributed by atoms with Crippen molar-refractivity contribution in [3.63, 3.8) is 0 Å². The van der Waals surface area contributed by atoms with Crippen LogP contribution in [0.25, 0.3) is 0 Å². The zero-order chi connectivity index (χ0) is 14.3. The molecule has 1 aromatic rings. The van der Waals surface area contributed by atoms with E-state index in [4.69, 9.17) is 5.11 Å². The fourth-order valence-corrected chi connectivity index (χ4v) is 1.79. The zero-order valence-electron chi connectivity index (χ0n) is 11.3. The molecule has 1 rings (SSSR count). The van der Waals surface area contributed by atoms with Crippen molar-refractivity contribution in [3.05, 3.63) is 35.4 Å². The van der Waals surface area contributed by atoms with E-state index in [0.29, 0.717) is 12.0 Å². The van der Waals surface area contributed by atoms with Gasteiger partial charge in [-0.1, -0.05) is 25.1 Å². The summed E-state index contributed by atoms with van der Waals surface area (Å²) in [6.45, 7) is 2.49. The van der Waals surface area contributed by atoms with Gasteiger partial charge in [0.25, 0.3) is 5.91 Å². The maximum Gasteiger partial charge on any atom is 0.326 e. The fraction of sp³-hybridized carbons (Fsp3) is 0.429. The molecule has 1 aromatic carbocycles. The average Bonchev–Trinajstić information content (AvgIpc) is 2.42. The molecule has 0 aliphatic carbocycles. The molecule has 0 fully saturated rings. The van der Waals surface area contributed by atoms with Crippen LogP contribution in [0.2, 0.25) is 0 Å². The summed E-state index contributed by atoms with van der Waals surface area (Å²) in [5.74, 6) is -1.34. The van der Waals surface area contributed by atoms with Gasteiger partial charge in [0, 0.05) is 5.56 Å². The third-order valence-corrected chi connectivity index (χ3v) is 2.92. The molecule has 0 aromatic heterocycles. The molecule has 5 heteroatoms. The van der Waals surface area contributed by atoms with Crippen LogP contribution in [0.5, 0.6) is 0 Å². The standard InChI is InChI=1S/C14H20N2O3/c1-3-12(14(18)19)16-13(17)11-7-5-4-6-10(11)8-9-15-2/h4-7,12,15H,3,8-9H2,1-2H3,(H,16,17)(H,18,19). The minimum atomic E-state index is -1.01. The predicted octanol–water partition coefficient (Wildman–Crippen LogP) is 1.04. The van der Waals surface area contributed by atoms with Gasteiger partial charge in [0.05, 0.1) is 0 Å². The molecule has 19 heavy (non-hydrogen) atoms. The van der Waals surface area contributed by atoms with Crippen LogP contribution in [0, 0.1) is 0 Å². The van der Waals surface area contributed by atoms with Crippen LogP contribution in [0.15, 0.2) is 24.3 Å². The summed E-state index contributed by atoms with van der Waals surface area (Å²) >= 11 is 0. The number of carboxylic acids is 1. The number of rotatable bonds is 7. The Kier molecular flexibility index (Phi) is 6.02. The number of carbonyl (C=O) groups is 2. The van der Waals surface area contributed by atoms with Crippen LogP contribution in [0.4, 0.5) is 0 Å². The van der Waals surface area contributed by atoms with Crippen molar-refractivity contribution in [1.29, 1.82) is 0 Å². The first-order valence-corrected chi connectivity index (χ1v) is 6.36. The van der Waals surface area contributed by atoms with Crippen LogP contribution in [0.3, 0.4) is 0 Å². The second-order valence-electron chi connectivity index (χ2n) is 4.28. The Morgan fingerprint density at radius 3 is 2.58 bits per heavy atom. The Labute approximate surface area is 113 Å². The summed E-state index contributed by atoms with van der Waals surface area (Å²) in [6.07, 6.45) is 1.09. The van der Waals surface area contributed by atoms with Crippen molar-refractivity contribution in [2.45, 2.75) is 25.8 Å². The first-order valence-electron chi connectivity index (χ1n) is 6.36. The summed E-state index contributed by atoms with van der Waals surface area (Å²) in [5, 5.41) is 14.5. The van der Waals surface area contributed by atoms with Crippen molar-refractivity contribution in [2.75, 3.05) is 13.6 Å². The van der Waals surface area contributed by atoms with E-state index >= 15 is 0 Å². The summed E-state index contributed by atoms with van der Waals surface area (Å²) in [5.41, 5.74) is 1.45. The van der Waals surface area contributed by atoms with Crippen LogP contribution in [-0.4, -0.2) is 36.6 Å². The van der Waals surface area contributed by atoms with Gasteiger partial charge in [0.1, 0.15) is 6.04 Å². The number of carbonyl (C=O) groups excluding carboxylic acids is 1. The summed E-state index contributed by atoms with van der Waals surface area (Å²) < 4.78 is 0. The SMILES string of the molecule is CCC(NC(=O)c1ccccc1CCNC)C(=O)O. The molecule has 0 aliphatic heterocycles. The molecule has 1 unspecified atom stereocenters. The van der Waals surface area contributed by atoms with Crippen LogP contribution < -0.4 is 10.6 Å². The molecule has 1 atom stereocenters. The maximum absolute atomic E-state index is 12.1. The van der Waals surface area contributed by atoms with Crippen molar-refractivity contribution < 1.29 is 14.7 Å². The van der Waals surface area contributed by atoms with Gasteiger partial charge < -0.3 is 15.7 Å². The normalized spacial score (nSPS) is 11.9. The molecule has 0 saturated heterocycles. The van der Waals surface area contributed by atoms with Gasteiger partial charge in [-0.05, 0) is 38.1 Å². The van der Waals surface area contributed by atoms with Crippen molar-refractivity contribution in [2.24, 2.45) is 0 Å². The lowest BCUT2D eigenvalue weighted by Crippen LogP contribution is -2.40. The van der Waals surface area contributed by atoms with E-state index in [1.807, 2.05) is 19.2 Å². The van der Waals surface area contributed by atoms with Crippen molar-refractivity contribution >= 4 is 11.9 Å². The van der Waals surface area contributed by atoms with Gasteiger partial charge in [-0.25, -0.2) is 4.79 Å². The molecule has 104 valence electrons. The zero-order valence-corrected chi connectivity index (χ0v) is 11.3. The Hall–Kier alpha value is -1.88. The molecule has 3 N–H and O–H groups in total. The Morgan fingerprint density at radius 1 is 1.32 bits per heavy atom. The molecule has 0 bridgehead atoms. The highest BCUT2D eigenvalue weighted by Crippen LogP contribution is 2.10. The van der Waals surface area contributed by atoms with Gasteiger partial charge in [0.15, 0.2) is 0 Å². The molecule has 0 spiro atoms. The number of hydrogen-bond acceptors (Lipinski definition) is 3. The van der Waals surface area contributed by atoms with Gasteiger partial charge in [-0.3, -0.25) is 4.79 Å². The van der Waals surface area contributed by atoms with E-state index in [1.54, 1.807) is 19.1 Å². The molecule has 0 radical (unpaired) electrons. The van der Waals surface area contributed by atoms with Crippen molar-refractivity contribution in [3.8, 4) is 0 Å². The first-order chi connectivity index (χ1) is 9.10. The van der Waals surface area contributed by atoms with Crippen LogP contribution in [0.1, 0.15) is 29.3 Å². The largest absolute Gasteiger partial charge is 0.480 e. The second kappa shape index (κ2) is 7.53. The third kappa shape index (κ3) is 4.37. The summed E-state index contributed by atoms with van der Waals surface area (Å²) in [7, 11) is 1.85. The third-order valence-electron chi connectivity index (χ3n) is 2.92. The monoisotopic (exact) mass is 264 g/mol. The lowest BCUT2D eigenvalue weighted by molar-refractivity contribution is -0.139. The van der Waals surface area contributed by atoms with E-state index in [2.05, 4.69) is 10.6 Å². The minimum absolute atomic E-state index is 0.332. The van der Waals surface area contributed by atoms with Gasteiger partial charge in [-0.15, -0.1) is 0 Å². The Morgan fingerprint density at radius 2 is 2.00 bits per heavy atom. The molecule has 1 amide bonds. The van der Waals surface area contributed by atoms with E-state index in [-0.39, 0.29) is 5.91 Å². The number of benzene rings is 1. The molecule has 0 saturated carbocycles. The maximum atomic E-state index is 12.1. The molecular formula is C14H20N2O3. The van der Waals surface area contributed by atoms with E-state index < -0.39 is 12.0 Å². The first kappa shape index (κ1) is 15.2. The highest BCUT2D eigenvalue weighted by molar-refractivity contribution is 5.97. The van der Waals surface area contributed by atoms with E-state index in [0.717, 1.165) is 18.5 Å². The fourth-order valence-electron chi connectivity index (χ4n) is 1.79. The number of carboxylic acid groups (broad SMARTS) is 1. The molecular weight excluding hydrogens is 244 g/mol. The quantitative estimate of drug-likeness (QED) is 0.687. The highest BCUT2D eigenvalue weighted by Gasteiger charge is 2.19. The number of amides is 1. The topological polar surface area (TPSA) is 78.4 Å². The van der Waals surface area contributed by atoms with Gasteiger partial charge in [-0.2, -0.15) is 0 Å².